The largest absolute Gasteiger partial charge is 0.500 e. The van der Waals surface area contributed by atoms with E-state index in [9.17, 15) is 22.8 Å². The monoisotopic (exact) mass is 375 g/mol. The zero-order chi connectivity index (χ0) is 18.8. The van der Waals surface area contributed by atoms with E-state index in [0.717, 1.165) is 15.7 Å². The molecule has 0 aromatic carbocycles. The fourth-order valence-corrected chi connectivity index (χ4v) is 4.38. The van der Waals surface area contributed by atoms with Crippen molar-refractivity contribution in [3.8, 4) is 0 Å². The van der Waals surface area contributed by atoms with Gasteiger partial charge in [-0.15, -0.1) is 0 Å². The molecular formula is C14H23N4O6S+. The number of imide groups is 1. The smallest absolute Gasteiger partial charge is 0.450 e. The summed E-state index contributed by atoms with van der Waals surface area (Å²) in [6, 6.07) is -0.968. The number of nitrogens with zero attached hydrogens (tertiary/aromatic N) is 3. The average molecular weight is 375 g/mol. The predicted octanol–water partition coefficient (Wildman–Crippen LogP) is -0.800. The first kappa shape index (κ1) is 19.3. The Morgan fingerprint density at radius 3 is 2.52 bits per heavy atom. The average Bonchev–Trinajstić information content (AvgIpc) is 2.56. The molecule has 0 aromatic heterocycles. The molecule has 140 valence electrons. The number of ether oxygens (including phenoxy) is 1. The SMILES string of the molecule is CCOC(=O)N1CCC(NS(=O)(=O)C2C=[N+](C)C(=O)N(C)C2=O)CC1. The first-order valence-electron chi connectivity index (χ1n) is 7.99. The van der Waals surface area contributed by atoms with Crippen molar-refractivity contribution in [1.82, 2.24) is 14.5 Å². The van der Waals surface area contributed by atoms with Crippen molar-refractivity contribution in [2.75, 3.05) is 33.8 Å². The summed E-state index contributed by atoms with van der Waals surface area (Å²) < 4.78 is 33.6. The van der Waals surface area contributed by atoms with E-state index in [4.69, 9.17) is 4.74 Å². The van der Waals surface area contributed by atoms with Crippen LogP contribution in [0.2, 0.25) is 0 Å². The number of piperidine rings is 1. The van der Waals surface area contributed by atoms with Gasteiger partial charge in [0.2, 0.25) is 15.3 Å². The number of carbonyl (C=O) groups excluding carboxylic acids is 3. The Labute approximate surface area is 146 Å². The van der Waals surface area contributed by atoms with Gasteiger partial charge in [0, 0.05) is 19.1 Å². The number of amides is 4. The molecule has 2 aliphatic rings. The lowest BCUT2D eigenvalue weighted by Gasteiger charge is -2.32. The highest BCUT2D eigenvalue weighted by Crippen LogP contribution is 2.15. The maximum absolute atomic E-state index is 12.5. The van der Waals surface area contributed by atoms with Crippen molar-refractivity contribution in [2.24, 2.45) is 0 Å². The number of carbonyl (C=O) groups is 3. The molecule has 1 saturated heterocycles. The van der Waals surface area contributed by atoms with Crippen LogP contribution in [-0.4, -0.2) is 92.1 Å². The quantitative estimate of drug-likeness (QED) is 0.643. The molecule has 1 atom stereocenters. The van der Waals surface area contributed by atoms with Crippen LogP contribution in [0.1, 0.15) is 19.8 Å². The summed E-state index contributed by atoms with van der Waals surface area (Å²) in [5.41, 5.74) is 0. The maximum Gasteiger partial charge on any atom is 0.500 e. The first-order chi connectivity index (χ1) is 11.7. The number of rotatable bonds is 4. The fourth-order valence-electron chi connectivity index (χ4n) is 2.77. The van der Waals surface area contributed by atoms with Gasteiger partial charge in [-0.3, -0.25) is 0 Å². The van der Waals surface area contributed by atoms with Crippen LogP contribution in [-0.2, 0) is 19.6 Å². The van der Waals surface area contributed by atoms with Crippen molar-refractivity contribution >= 4 is 34.3 Å². The molecule has 0 saturated carbocycles. The van der Waals surface area contributed by atoms with Gasteiger partial charge < -0.3 is 9.64 Å². The highest BCUT2D eigenvalue weighted by molar-refractivity contribution is 7.91. The lowest BCUT2D eigenvalue weighted by atomic mass is 10.1. The summed E-state index contributed by atoms with van der Waals surface area (Å²) in [4.78, 5) is 37.8. The van der Waals surface area contributed by atoms with Crippen LogP contribution in [0.25, 0.3) is 0 Å². The molecule has 1 N–H and O–H groups in total. The molecule has 0 radical (unpaired) electrons. The Balaban J connectivity index is 2.02. The third kappa shape index (κ3) is 4.15. The minimum Gasteiger partial charge on any atom is -0.450 e. The van der Waals surface area contributed by atoms with Crippen molar-refractivity contribution < 1.29 is 32.1 Å². The van der Waals surface area contributed by atoms with Crippen LogP contribution in [0.3, 0.4) is 0 Å². The number of sulfonamides is 1. The number of nitrogens with one attached hydrogen (secondary N) is 1. The molecule has 0 aromatic rings. The third-order valence-electron chi connectivity index (χ3n) is 4.21. The third-order valence-corrected chi connectivity index (χ3v) is 5.86. The summed E-state index contributed by atoms with van der Waals surface area (Å²) >= 11 is 0. The van der Waals surface area contributed by atoms with E-state index in [1.807, 2.05) is 0 Å². The summed E-state index contributed by atoms with van der Waals surface area (Å²) in [6.07, 6.45) is 1.52. The van der Waals surface area contributed by atoms with Gasteiger partial charge in [0.25, 0.3) is 0 Å². The van der Waals surface area contributed by atoms with Crippen molar-refractivity contribution in [1.29, 1.82) is 0 Å². The standard InChI is InChI=1S/C14H23N4O6S/c1-4-24-14(21)18-7-5-10(6-8-18)15-25(22,23)11-9-16(2)13(20)17(3)12(11)19/h9-11,15H,4-8H2,1-3H3/q+1. The molecule has 1 fully saturated rings. The van der Waals surface area contributed by atoms with E-state index in [1.54, 1.807) is 6.92 Å². The minimum atomic E-state index is -3.99. The molecule has 10 nitrogen and oxygen atoms in total. The molecule has 25 heavy (non-hydrogen) atoms. The van der Waals surface area contributed by atoms with Crippen LogP contribution in [0.15, 0.2) is 0 Å². The van der Waals surface area contributed by atoms with Gasteiger partial charge in [0.1, 0.15) is 6.21 Å². The van der Waals surface area contributed by atoms with Crippen LogP contribution in [0.4, 0.5) is 9.59 Å². The zero-order valence-corrected chi connectivity index (χ0v) is 15.3. The Kier molecular flexibility index (Phi) is 5.78. The number of urea groups is 1. The molecule has 1 unspecified atom stereocenters. The lowest BCUT2D eigenvalue weighted by molar-refractivity contribution is -0.399. The second kappa shape index (κ2) is 7.48. The van der Waals surface area contributed by atoms with Crippen LogP contribution in [0, 0.1) is 0 Å². The second-order valence-corrected chi connectivity index (χ2v) is 7.82. The lowest BCUT2D eigenvalue weighted by Crippen LogP contribution is -2.57. The number of likely N-dealkylation sites (tertiary alicyclic amines) is 1. The van der Waals surface area contributed by atoms with Crippen molar-refractivity contribution in [3.63, 3.8) is 0 Å². The van der Waals surface area contributed by atoms with Gasteiger partial charge in [-0.05, 0) is 19.8 Å². The Morgan fingerprint density at radius 2 is 1.96 bits per heavy atom. The van der Waals surface area contributed by atoms with Gasteiger partial charge in [0.15, 0.2) is 0 Å². The molecular weight excluding hydrogens is 352 g/mol. The van der Waals surface area contributed by atoms with E-state index < -0.39 is 33.3 Å². The van der Waals surface area contributed by atoms with Gasteiger partial charge in [0.05, 0.1) is 20.7 Å². The van der Waals surface area contributed by atoms with E-state index in [2.05, 4.69) is 4.72 Å². The summed E-state index contributed by atoms with van der Waals surface area (Å²) in [7, 11) is -1.36. The molecule has 11 heteroatoms. The number of hydrogen-bond donors (Lipinski definition) is 1. The van der Waals surface area contributed by atoms with Gasteiger partial charge in [-0.1, -0.05) is 0 Å². The number of hydrogen-bond acceptors (Lipinski definition) is 6. The Hall–Kier alpha value is -2.01. The topological polar surface area (TPSA) is 116 Å². The second-order valence-electron chi connectivity index (χ2n) is 5.98. The predicted molar refractivity (Wildman–Crippen MR) is 87.9 cm³/mol. The highest BCUT2D eigenvalue weighted by Gasteiger charge is 2.46. The van der Waals surface area contributed by atoms with Crippen LogP contribution in [0.5, 0.6) is 0 Å². The molecule has 0 spiro atoms. The summed E-state index contributed by atoms with van der Waals surface area (Å²) in [5, 5.41) is -1.46. The molecule has 2 aliphatic heterocycles. The van der Waals surface area contributed by atoms with Crippen LogP contribution >= 0.6 is 0 Å². The molecule has 4 amide bonds. The Bertz CT molecular complexity index is 696. The van der Waals surface area contributed by atoms with Gasteiger partial charge in [-0.25, -0.2) is 27.3 Å². The first-order valence-corrected chi connectivity index (χ1v) is 9.54. The van der Waals surface area contributed by atoms with E-state index in [0.29, 0.717) is 25.9 Å². The van der Waals surface area contributed by atoms with Gasteiger partial charge in [-0.2, -0.15) is 9.69 Å². The molecule has 0 bridgehead atoms. The minimum absolute atomic E-state index is 0.283. The molecule has 0 aliphatic carbocycles. The highest BCUT2D eigenvalue weighted by atomic mass is 32.2. The van der Waals surface area contributed by atoms with Crippen LogP contribution < -0.4 is 4.72 Å². The molecule has 2 heterocycles. The van der Waals surface area contributed by atoms with Gasteiger partial charge >= 0.3 is 18.0 Å². The normalized spacial score (nSPS) is 22.8. The summed E-state index contributed by atoms with van der Waals surface area (Å²) in [6.45, 7) is 2.74. The maximum atomic E-state index is 12.5. The molecule has 2 rings (SSSR count). The van der Waals surface area contributed by atoms with E-state index in [-0.39, 0.29) is 12.6 Å². The van der Waals surface area contributed by atoms with E-state index in [1.165, 1.54) is 19.0 Å². The fraction of sp³-hybridized carbons (Fsp3) is 0.714. The summed E-state index contributed by atoms with van der Waals surface area (Å²) in [5.74, 6) is -0.792. The Morgan fingerprint density at radius 1 is 1.36 bits per heavy atom. The van der Waals surface area contributed by atoms with Crippen molar-refractivity contribution in [2.45, 2.75) is 31.1 Å². The van der Waals surface area contributed by atoms with Crippen molar-refractivity contribution in [3.05, 3.63) is 0 Å². The van der Waals surface area contributed by atoms with E-state index >= 15 is 0 Å². The zero-order valence-electron chi connectivity index (χ0n) is 14.5.